The minimum Gasteiger partial charge on any atom is -0.456 e. The van der Waals surface area contributed by atoms with Gasteiger partial charge < -0.3 is 4.74 Å². The molecule has 0 atom stereocenters. The predicted molar refractivity (Wildman–Crippen MR) is 52.3 cm³/mol. The van der Waals surface area contributed by atoms with E-state index in [4.69, 9.17) is 4.74 Å². The van der Waals surface area contributed by atoms with Crippen LogP contribution in [0.25, 0.3) is 0 Å². The zero-order valence-electron chi connectivity index (χ0n) is 8.72. The first-order valence-corrected chi connectivity index (χ1v) is 4.84. The first-order valence-electron chi connectivity index (χ1n) is 4.84. The molecule has 13 heavy (non-hydrogen) atoms. The maximum Gasteiger partial charge on any atom is 0.333 e. The number of carbonyl (C=O) groups is 1. The zero-order chi connectivity index (χ0) is 10.1. The second kappa shape index (κ2) is 3.52. The van der Waals surface area contributed by atoms with Gasteiger partial charge in [-0.2, -0.15) is 0 Å². The first kappa shape index (κ1) is 10.3. The van der Waals surface area contributed by atoms with Crippen molar-refractivity contribution >= 4 is 5.97 Å². The molecule has 2 nitrogen and oxygen atoms in total. The monoisotopic (exact) mass is 182 g/mol. The van der Waals surface area contributed by atoms with Crippen LogP contribution >= 0.6 is 0 Å². The van der Waals surface area contributed by atoms with E-state index in [-0.39, 0.29) is 11.6 Å². The highest BCUT2D eigenvalue weighted by molar-refractivity contribution is 5.87. The van der Waals surface area contributed by atoms with Crippen LogP contribution in [-0.4, -0.2) is 11.6 Å². The first-order chi connectivity index (χ1) is 5.95. The van der Waals surface area contributed by atoms with Gasteiger partial charge in [-0.15, -0.1) is 0 Å². The minimum atomic E-state index is -0.238. The third-order valence-electron chi connectivity index (χ3n) is 2.25. The fraction of sp³-hybridized carbons (Fsp3) is 0.727. The third kappa shape index (κ3) is 2.87. The van der Waals surface area contributed by atoms with Crippen LogP contribution in [-0.2, 0) is 9.53 Å². The third-order valence-corrected chi connectivity index (χ3v) is 2.25. The van der Waals surface area contributed by atoms with Gasteiger partial charge in [0.1, 0.15) is 5.60 Å². The molecule has 0 spiro atoms. The van der Waals surface area contributed by atoms with Crippen molar-refractivity contribution in [1.82, 2.24) is 0 Å². The molecule has 1 saturated carbocycles. The van der Waals surface area contributed by atoms with E-state index in [2.05, 4.69) is 20.4 Å². The van der Waals surface area contributed by atoms with Gasteiger partial charge in [0, 0.05) is 5.57 Å². The van der Waals surface area contributed by atoms with E-state index in [0.29, 0.717) is 11.5 Å². The van der Waals surface area contributed by atoms with E-state index >= 15 is 0 Å². The Bertz CT molecular complexity index is 224. The Hall–Kier alpha value is -0.790. The molecule has 0 aromatic rings. The Balaban J connectivity index is 2.44. The van der Waals surface area contributed by atoms with E-state index in [0.717, 1.165) is 19.3 Å². The molecule has 0 bridgehead atoms. The molecule has 1 aliphatic rings. The average Bonchev–Trinajstić information content (AvgIpc) is 2.67. The number of esters is 1. The molecule has 2 heteroatoms. The van der Waals surface area contributed by atoms with Gasteiger partial charge in [0.2, 0.25) is 0 Å². The quantitative estimate of drug-likeness (QED) is 0.493. The highest BCUT2D eigenvalue weighted by Crippen LogP contribution is 2.45. The van der Waals surface area contributed by atoms with Gasteiger partial charge in [-0.3, -0.25) is 0 Å². The topological polar surface area (TPSA) is 26.3 Å². The fourth-order valence-electron chi connectivity index (χ4n) is 1.52. The SMILES string of the molecule is C=C(C)C(=O)OC1(CC(C)C)CC1. The van der Waals surface area contributed by atoms with Crippen molar-refractivity contribution in [3.63, 3.8) is 0 Å². The molecule has 0 aromatic carbocycles. The van der Waals surface area contributed by atoms with E-state index in [1.54, 1.807) is 6.92 Å². The summed E-state index contributed by atoms with van der Waals surface area (Å²) in [6.07, 6.45) is 3.01. The Morgan fingerprint density at radius 3 is 2.38 bits per heavy atom. The van der Waals surface area contributed by atoms with Crippen LogP contribution in [0, 0.1) is 5.92 Å². The van der Waals surface area contributed by atoms with Crippen LogP contribution in [0.5, 0.6) is 0 Å². The lowest BCUT2D eigenvalue weighted by Crippen LogP contribution is -2.21. The Morgan fingerprint density at radius 1 is 1.54 bits per heavy atom. The van der Waals surface area contributed by atoms with Crippen molar-refractivity contribution in [3.05, 3.63) is 12.2 Å². The highest BCUT2D eigenvalue weighted by atomic mass is 16.6. The van der Waals surface area contributed by atoms with Gasteiger partial charge in [0.25, 0.3) is 0 Å². The van der Waals surface area contributed by atoms with E-state index in [9.17, 15) is 4.79 Å². The summed E-state index contributed by atoms with van der Waals surface area (Å²) in [6, 6.07) is 0. The van der Waals surface area contributed by atoms with Gasteiger partial charge in [-0.25, -0.2) is 4.79 Å². The van der Waals surface area contributed by atoms with Crippen molar-refractivity contribution in [2.24, 2.45) is 5.92 Å². The smallest absolute Gasteiger partial charge is 0.333 e. The van der Waals surface area contributed by atoms with Crippen molar-refractivity contribution < 1.29 is 9.53 Å². The standard InChI is InChI=1S/C11H18O2/c1-8(2)7-11(5-6-11)13-10(12)9(3)4/h8H,3,5-7H2,1-2,4H3. The molecule has 0 radical (unpaired) electrons. The molecule has 0 N–H and O–H groups in total. The second-order valence-corrected chi connectivity index (χ2v) is 4.45. The van der Waals surface area contributed by atoms with Gasteiger partial charge in [0.15, 0.2) is 0 Å². The normalized spacial score (nSPS) is 18.5. The van der Waals surface area contributed by atoms with Crippen molar-refractivity contribution in [1.29, 1.82) is 0 Å². The number of carbonyl (C=O) groups excluding carboxylic acids is 1. The summed E-state index contributed by atoms with van der Waals surface area (Å²) < 4.78 is 5.38. The molecule has 0 saturated heterocycles. The van der Waals surface area contributed by atoms with Crippen LogP contribution < -0.4 is 0 Å². The molecular formula is C11H18O2. The van der Waals surface area contributed by atoms with Crippen molar-refractivity contribution in [2.75, 3.05) is 0 Å². The predicted octanol–water partition coefficient (Wildman–Crippen LogP) is 2.68. The van der Waals surface area contributed by atoms with Crippen LogP contribution in [0.2, 0.25) is 0 Å². The Morgan fingerprint density at radius 2 is 2.08 bits per heavy atom. The number of rotatable bonds is 4. The lowest BCUT2D eigenvalue weighted by molar-refractivity contribution is -0.147. The van der Waals surface area contributed by atoms with Crippen molar-refractivity contribution in [3.8, 4) is 0 Å². The van der Waals surface area contributed by atoms with Crippen LogP contribution in [0.1, 0.15) is 40.0 Å². The molecule has 0 unspecified atom stereocenters. The number of hydrogen-bond donors (Lipinski definition) is 0. The van der Waals surface area contributed by atoms with Crippen molar-refractivity contribution in [2.45, 2.75) is 45.6 Å². The summed E-state index contributed by atoms with van der Waals surface area (Å²) in [5.74, 6) is 0.346. The Labute approximate surface area is 80.0 Å². The summed E-state index contributed by atoms with van der Waals surface area (Å²) in [5.41, 5.74) is 0.361. The number of hydrogen-bond acceptors (Lipinski definition) is 2. The zero-order valence-corrected chi connectivity index (χ0v) is 8.72. The maximum atomic E-state index is 11.3. The molecule has 1 rings (SSSR count). The number of ether oxygens (including phenoxy) is 1. The minimum absolute atomic E-state index is 0.135. The molecule has 0 heterocycles. The lowest BCUT2D eigenvalue weighted by atomic mass is 10.0. The summed E-state index contributed by atoms with van der Waals surface area (Å²) in [6.45, 7) is 9.55. The average molecular weight is 182 g/mol. The summed E-state index contributed by atoms with van der Waals surface area (Å²) in [7, 11) is 0. The lowest BCUT2D eigenvalue weighted by Gasteiger charge is -2.18. The van der Waals surface area contributed by atoms with Gasteiger partial charge in [-0.05, 0) is 32.1 Å². The molecule has 0 aromatic heterocycles. The van der Waals surface area contributed by atoms with Crippen LogP contribution in [0.4, 0.5) is 0 Å². The van der Waals surface area contributed by atoms with Gasteiger partial charge in [0.05, 0.1) is 0 Å². The van der Waals surface area contributed by atoms with Gasteiger partial charge >= 0.3 is 5.97 Å². The summed E-state index contributed by atoms with van der Waals surface area (Å²) in [5, 5.41) is 0. The fourth-order valence-corrected chi connectivity index (χ4v) is 1.52. The van der Waals surface area contributed by atoms with E-state index in [1.807, 2.05) is 0 Å². The van der Waals surface area contributed by atoms with E-state index < -0.39 is 0 Å². The van der Waals surface area contributed by atoms with Gasteiger partial charge in [-0.1, -0.05) is 20.4 Å². The van der Waals surface area contributed by atoms with Crippen LogP contribution in [0.15, 0.2) is 12.2 Å². The summed E-state index contributed by atoms with van der Waals surface area (Å²) >= 11 is 0. The largest absolute Gasteiger partial charge is 0.456 e. The molecule has 1 fully saturated rings. The molecule has 1 aliphatic carbocycles. The highest BCUT2D eigenvalue weighted by Gasteiger charge is 2.46. The second-order valence-electron chi connectivity index (χ2n) is 4.45. The Kier molecular flexibility index (Phi) is 2.79. The molecule has 74 valence electrons. The van der Waals surface area contributed by atoms with Crippen LogP contribution in [0.3, 0.4) is 0 Å². The molecule has 0 aliphatic heterocycles. The van der Waals surface area contributed by atoms with E-state index in [1.165, 1.54) is 0 Å². The summed E-state index contributed by atoms with van der Waals surface area (Å²) in [4.78, 5) is 11.3. The molecular weight excluding hydrogens is 164 g/mol. The maximum absolute atomic E-state index is 11.3. The molecule has 0 amide bonds.